The molecule has 3 N–H and O–H groups in total. The number of aryl methyl sites for hydroxylation is 1. The third kappa shape index (κ3) is 2.67. The van der Waals surface area contributed by atoms with Crippen LogP contribution in [0.5, 0.6) is 0 Å². The molecular formula is C13H20N4S. The van der Waals surface area contributed by atoms with Crippen molar-refractivity contribution in [1.82, 2.24) is 9.78 Å². The van der Waals surface area contributed by atoms with E-state index in [4.69, 9.17) is 5.73 Å². The van der Waals surface area contributed by atoms with Crippen molar-refractivity contribution in [2.24, 2.45) is 0 Å². The van der Waals surface area contributed by atoms with Gasteiger partial charge in [0, 0.05) is 17.5 Å². The van der Waals surface area contributed by atoms with E-state index in [0.29, 0.717) is 6.04 Å². The Bertz CT molecular complexity index is 499. The molecule has 2 aromatic rings. The van der Waals surface area contributed by atoms with E-state index in [1.807, 2.05) is 11.6 Å². The van der Waals surface area contributed by atoms with Gasteiger partial charge in [0.2, 0.25) is 0 Å². The first-order valence-electron chi connectivity index (χ1n) is 6.20. The Morgan fingerprint density at radius 1 is 1.50 bits per heavy atom. The summed E-state index contributed by atoms with van der Waals surface area (Å²) in [5.74, 6) is 0.944. The van der Waals surface area contributed by atoms with Crippen LogP contribution in [0.25, 0.3) is 0 Å². The van der Waals surface area contributed by atoms with E-state index >= 15 is 0 Å². The van der Waals surface area contributed by atoms with Crippen LogP contribution in [0.4, 0.5) is 11.5 Å². The van der Waals surface area contributed by atoms with Crippen LogP contribution >= 0.6 is 11.3 Å². The number of aromatic nitrogens is 2. The monoisotopic (exact) mass is 264 g/mol. The lowest BCUT2D eigenvalue weighted by Crippen LogP contribution is -2.13. The standard InChI is InChI=1S/C13H20N4S/c1-9(2)17-13(12(14)10(3)16-17)15-7-6-11-5-4-8-18-11/h4-5,8-9,15H,6-7,14H2,1-3H3. The van der Waals surface area contributed by atoms with E-state index in [-0.39, 0.29) is 0 Å². The Balaban J connectivity index is 2.04. The molecule has 0 spiro atoms. The minimum Gasteiger partial charge on any atom is -0.394 e. The number of anilines is 2. The van der Waals surface area contributed by atoms with Gasteiger partial charge in [0.15, 0.2) is 0 Å². The summed E-state index contributed by atoms with van der Waals surface area (Å²) in [5, 5.41) is 9.96. The molecule has 5 heteroatoms. The van der Waals surface area contributed by atoms with Gasteiger partial charge in [-0.15, -0.1) is 11.3 Å². The molecule has 0 fully saturated rings. The maximum atomic E-state index is 6.06. The van der Waals surface area contributed by atoms with Gasteiger partial charge in [-0.2, -0.15) is 5.10 Å². The molecule has 0 aliphatic carbocycles. The molecule has 2 rings (SSSR count). The van der Waals surface area contributed by atoms with Gasteiger partial charge in [-0.1, -0.05) is 6.07 Å². The summed E-state index contributed by atoms with van der Waals surface area (Å²) in [6.45, 7) is 7.04. The molecule has 0 bridgehead atoms. The number of rotatable bonds is 5. The van der Waals surface area contributed by atoms with Crippen molar-refractivity contribution in [3.63, 3.8) is 0 Å². The van der Waals surface area contributed by atoms with Crippen molar-refractivity contribution in [3.8, 4) is 0 Å². The van der Waals surface area contributed by atoms with Crippen LogP contribution < -0.4 is 11.1 Å². The topological polar surface area (TPSA) is 55.9 Å². The third-order valence-corrected chi connectivity index (χ3v) is 3.80. The lowest BCUT2D eigenvalue weighted by Gasteiger charge is -2.13. The number of nitrogens with two attached hydrogens (primary N) is 1. The highest BCUT2D eigenvalue weighted by atomic mass is 32.1. The Morgan fingerprint density at radius 3 is 2.89 bits per heavy atom. The Labute approximate surface area is 112 Å². The molecule has 0 aliphatic heterocycles. The largest absolute Gasteiger partial charge is 0.394 e. The predicted molar refractivity (Wildman–Crippen MR) is 78.3 cm³/mol. The quantitative estimate of drug-likeness (QED) is 0.872. The summed E-state index contributed by atoms with van der Waals surface area (Å²) in [6.07, 6.45) is 1.01. The summed E-state index contributed by atoms with van der Waals surface area (Å²) in [6, 6.07) is 4.54. The molecule has 2 heterocycles. The fraction of sp³-hybridized carbons (Fsp3) is 0.462. The van der Waals surface area contributed by atoms with Crippen LogP contribution in [0.3, 0.4) is 0 Å². The SMILES string of the molecule is Cc1nn(C(C)C)c(NCCc2cccs2)c1N. The summed E-state index contributed by atoms with van der Waals surface area (Å²) in [5.41, 5.74) is 7.71. The first-order chi connectivity index (χ1) is 8.59. The number of nitrogens with zero attached hydrogens (tertiary/aromatic N) is 2. The van der Waals surface area contributed by atoms with Crippen LogP contribution in [0.1, 0.15) is 30.5 Å². The van der Waals surface area contributed by atoms with E-state index in [1.165, 1.54) is 4.88 Å². The highest BCUT2D eigenvalue weighted by Crippen LogP contribution is 2.25. The second kappa shape index (κ2) is 5.44. The molecule has 2 aromatic heterocycles. The van der Waals surface area contributed by atoms with Crippen molar-refractivity contribution in [1.29, 1.82) is 0 Å². The number of hydrogen-bond acceptors (Lipinski definition) is 4. The molecule has 0 saturated carbocycles. The van der Waals surface area contributed by atoms with E-state index in [1.54, 1.807) is 11.3 Å². The van der Waals surface area contributed by atoms with E-state index in [9.17, 15) is 0 Å². The molecular weight excluding hydrogens is 244 g/mol. The fourth-order valence-corrected chi connectivity index (χ4v) is 2.58. The number of nitrogens with one attached hydrogen (secondary N) is 1. The fourth-order valence-electron chi connectivity index (χ4n) is 1.87. The van der Waals surface area contributed by atoms with Gasteiger partial charge in [0.1, 0.15) is 5.82 Å². The summed E-state index contributed by atoms with van der Waals surface area (Å²) in [7, 11) is 0. The average molecular weight is 264 g/mol. The van der Waals surface area contributed by atoms with Gasteiger partial charge < -0.3 is 11.1 Å². The first-order valence-corrected chi connectivity index (χ1v) is 7.08. The van der Waals surface area contributed by atoms with Crippen molar-refractivity contribution in [2.45, 2.75) is 33.2 Å². The molecule has 0 saturated heterocycles. The third-order valence-electron chi connectivity index (χ3n) is 2.86. The van der Waals surface area contributed by atoms with Crippen LogP contribution in [-0.4, -0.2) is 16.3 Å². The molecule has 4 nitrogen and oxygen atoms in total. The van der Waals surface area contributed by atoms with Crippen molar-refractivity contribution < 1.29 is 0 Å². The minimum absolute atomic E-state index is 0.310. The lowest BCUT2D eigenvalue weighted by molar-refractivity contribution is 0.534. The maximum absolute atomic E-state index is 6.06. The Morgan fingerprint density at radius 2 is 2.28 bits per heavy atom. The van der Waals surface area contributed by atoms with Gasteiger partial charge in [0.05, 0.1) is 11.4 Å². The Hall–Kier alpha value is -1.49. The van der Waals surface area contributed by atoms with Gasteiger partial charge in [-0.25, -0.2) is 4.68 Å². The van der Waals surface area contributed by atoms with Crippen LogP contribution in [0, 0.1) is 6.92 Å². The molecule has 0 unspecified atom stereocenters. The lowest BCUT2D eigenvalue weighted by atomic mass is 10.3. The average Bonchev–Trinajstić information content (AvgIpc) is 2.92. The highest BCUT2D eigenvalue weighted by molar-refractivity contribution is 7.09. The molecule has 0 radical (unpaired) electrons. The molecule has 0 aliphatic rings. The first kappa shape index (κ1) is 13.0. The molecule has 0 atom stereocenters. The van der Waals surface area contributed by atoms with Gasteiger partial charge in [-0.3, -0.25) is 0 Å². The van der Waals surface area contributed by atoms with E-state index in [2.05, 4.69) is 41.8 Å². The number of hydrogen-bond donors (Lipinski definition) is 2. The van der Waals surface area contributed by atoms with E-state index in [0.717, 1.165) is 30.2 Å². The van der Waals surface area contributed by atoms with Gasteiger partial charge >= 0.3 is 0 Å². The summed E-state index contributed by atoms with van der Waals surface area (Å²) >= 11 is 1.78. The van der Waals surface area contributed by atoms with Crippen LogP contribution in [-0.2, 0) is 6.42 Å². The molecule has 98 valence electrons. The van der Waals surface area contributed by atoms with Crippen molar-refractivity contribution in [2.75, 3.05) is 17.6 Å². The zero-order chi connectivity index (χ0) is 13.1. The zero-order valence-electron chi connectivity index (χ0n) is 11.1. The second-order valence-corrected chi connectivity index (χ2v) is 5.67. The van der Waals surface area contributed by atoms with Gasteiger partial charge in [0.25, 0.3) is 0 Å². The smallest absolute Gasteiger partial charge is 0.148 e. The van der Waals surface area contributed by atoms with E-state index < -0.39 is 0 Å². The molecule has 0 amide bonds. The number of nitrogen functional groups attached to an aromatic ring is 1. The predicted octanol–water partition coefficient (Wildman–Crippen LogP) is 3.07. The summed E-state index contributed by atoms with van der Waals surface area (Å²) in [4.78, 5) is 1.38. The Kier molecular flexibility index (Phi) is 3.91. The molecule has 18 heavy (non-hydrogen) atoms. The van der Waals surface area contributed by atoms with Gasteiger partial charge in [-0.05, 0) is 38.6 Å². The minimum atomic E-state index is 0.310. The zero-order valence-corrected chi connectivity index (χ0v) is 11.9. The second-order valence-electron chi connectivity index (χ2n) is 4.64. The van der Waals surface area contributed by atoms with Crippen molar-refractivity contribution >= 4 is 22.8 Å². The maximum Gasteiger partial charge on any atom is 0.148 e. The van der Waals surface area contributed by atoms with Crippen LogP contribution in [0.2, 0.25) is 0 Å². The summed E-state index contributed by atoms with van der Waals surface area (Å²) < 4.78 is 1.96. The van der Waals surface area contributed by atoms with Crippen molar-refractivity contribution in [3.05, 3.63) is 28.1 Å². The molecule has 0 aromatic carbocycles. The highest BCUT2D eigenvalue weighted by Gasteiger charge is 2.13. The van der Waals surface area contributed by atoms with Crippen LogP contribution in [0.15, 0.2) is 17.5 Å². The normalized spacial score (nSPS) is 11.1. The number of thiophene rings is 1.